The fourth-order valence-electron chi connectivity index (χ4n) is 0.542. The third-order valence-corrected chi connectivity index (χ3v) is 1.69. The molecule has 0 spiro atoms. The van der Waals surface area contributed by atoms with Crippen molar-refractivity contribution in [1.82, 2.24) is 0 Å². The minimum atomic E-state index is -1.14. The molecule has 1 unspecified atom stereocenters. The summed E-state index contributed by atoms with van der Waals surface area (Å²) in [5, 5.41) is 9.29. The van der Waals surface area contributed by atoms with Gasteiger partial charge < -0.3 is 15.6 Å². The van der Waals surface area contributed by atoms with Crippen LogP contribution in [0.15, 0.2) is 0 Å². The lowest BCUT2D eigenvalue weighted by molar-refractivity contribution is -0.156. The molecule has 0 saturated carbocycles. The van der Waals surface area contributed by atoms with Crippen LogP contribution >= 0.6 is 12.4 Å². The summed E-state index contributed by atoms with van der Waals surface area (Å²) in [4.78, 5) is 10.8. The highest BCUT2D eigenvalue weighted by Crippen LogP contribution is 2.19. The number of carbonyl (C=O) groups is 1. The van der Waals surface area contributed by atoms with Gasteiger partial charge in [-0.3, -0.25) is 0 Å². The average Bonchev–Trinajstić information content (AvgIpc) is 2.01. The number of hydrogen-bond acceptors (Lipinski definition) is 4. The van der Waals surface area contributed by atoms with Crippen molar-refractivity contribution >= 4 is 18.4 Å². The van der Waals surface area contributed by atoms with Crippen molar-refractivity contribution in [2.24, 2.45) is 11.1 Å². The molecule has 0 heterocycles. The van der Waals surface area contributed by atoms with E-state index in [-0.39, 0.29) is 19.0 Å². The summed E-state index contributed by atoms with van der Waals surface area (Å²) < 4.78 is 4.36. The molecule has 4 nitrogen and oxygen atoms in total. The van der Waals surface area contributed by atoms with Crippen LogP contribution in [0.5, 0.6) is 0 Å². The average molecular weight is 198 g/mol. The Labute approximate surface area is 78.5 Å². The predicted molar refractivity (Wildman–Crippen MR) is 48.1 cm³/mol. The first-order valence-corrected chi connectivity index (χ1v) is 3.41. The zero-order chi connectivity index (χ0) is 9.07. The van der Waals surface area contributed by atoms with E-state index in [0.717, 1.165) is 0 Å². The highest BCUT2D eigenvalue weighted by molar-refractivity contribution is 5.85. The molecule has 0 fully saturated rings. The number of nitrogens with two attached hydrogens (primary N) is 1. The second-order valence-corrected chi connectivity index (χ2v) is 3.12. The Kier molecular flexibility index (Phi) is 6.34. The van der Waals surface area contributed by atoms with Gasteiger partial charge in [-0.2, -0.15) is 0 Å². The lowest BCUT2D eigenvalue weighted by Crippen LogP contribution is -2.42. The largest absolute Gasteiger partial charge is 0.467 e. The van der Waals surface area contributed by atoms with Crippen molar-refractivity contribution in [3.8, 4) is 0 Å². The zero-order valence-corrected chi connectivity index (χ0v) is 8.35. The molecule has 0 amide bonds. The topological polar surface area (TPSA) is 72.5 Å². The van der Waals surface area contributed by atoms with Crippen molar-refractivity contribution in [1.29, 1.82) is 0 Å². The Bertz CT molecular complexity index is 150. The summed E-state index contributed by atoms with van der Waals surface area (Å²) in [6.45, 7) is 3.65. The Hall–Kier alpha value is -0.320. The van der Waals surface area contributed by atoms with E-state index in [0.29, 0.717) is 0 Å². The molecule has 12 heavy (non-hydrogen) atoms. The van der Waals surface area contributed by atoms with Crippen LogP contribution in [0.4, 0.5) is 0 Å². The number of methoxy groups -OCH3 is 1. The molecule has 3 N–H and O–H groups in total. The van der Waals surface area contributed by atoms with Crippen LogP contribution in [-0.4, -0.2) is 30.8 Å². The van der Waals surface area contributed by atoms with Crippen molar-refractivity contribution in [2.75, 3.05) is 13.7 Å². The molecule has 5 heteroatoms. The second-order valence-electron chi connectivity index (χ2n) is 3.12. The maximum atomic E-state index is 10.8. The summed E-state index contributed by atoms with van der Waals surface area (Å²) in [5.74, 6) is -0.638. The SMILES string of the molecule is COC(=O)C(O)C(C)(C)CN.Cl. The normalized spacial score (nSPS) is 13.1. The quantitative estimate of drug-likeness (QED) is 0.622. The lowest BCUT2D eigenvalue weighted by Gasteiger charge is -2.26. The van der Waals surface area contributed by atoms with Gasteiger partial charge in [-0.05, 0) is 0 Å². The molecule has 0 radical (unpaired) electrons. The highest BCUT2D eigenvalue weighted by atomic mass is 35.5. The lowest BCUT2D eigenvalue weighted by atomic mass is 9.87. The standard InChI is InChI=1S/C7H15NO3.ClH/c1-7(2,4-8)5(9)6(10)11-3;/h5,9H,4,8H2,1-3H3;1H. The number of halogens is 1. The minimum absolute atomic E-state index is 0. The molecule has 0 aliphatic rings. The van der Waals surface area contributed by atoms with E-state index in [1.807, 2.05) is 0 Å². The Morgan fingerprint density at radius 1 is 1.67 bits per heavy atom. The molecule has 0 aliphatic carbocycles. The summed E-state index contributed by atoms with van der Waals surface area (Å²) in [6.07, 6.45) is -1.14. The van der Waals surface area contributed by atoms with Gasteiger partial charge >= 0.3 is 5.97 Å². The van der Waals surface area contributed by atoms with Gasteiger partial charge in [-0.1, -0.05) is 13.8 Å². The van der Waals surface area contributed by atoms with Crippen molar-refractivity contribution < 1.29 is 14.6 Å². The summed E-state index contributed by atoms with van der Waals surface area (Å²) >= 11 is 0. The monoisotopic (exact) mass is 197 g/mol. The van der Waals surface area contributed by atoms with Gasteiger partial charge in [0, 0.05) is 12.0 Å². The van der Waals surface area contributed by atoms with Crippen LogP contribution < -0.4 is 5.73 Å². The fourth-order valence-corrected chi connectivity index (χ4v) is 0.542. The maximum absolute atomic E-state index is 10.8. The summed E-state index contributed by atoms with van der Waals surface area (Å²) in [6, 6.07) is 0. The van der Waals surface area contributed by atoms with Crippen molar-refractivity contribution in [3.05, 3.63) is 0 Å². The van der Waals surface area contributed by atoms with E-state index in [1.165, 1.54) is 7.11 Å². The van der Waals surface area contributed by atoms with Crippen LogP contribution in [0.1, 0.15) is 13.8 Å². The molecule has 0 aliphatic heterocycles. The number of aliphatic hydroxyl groups is 1. The first-order chi connectivity index (χ1) is 4.95. The Morgan fingerprint density at radius 2 is 2.08 bits per heavy atom. The van der Waals surface area contributed by atoms with E-state index < -0.39 is 17.5 Å². The van der Waals surface area contributed by atoms with E-state index in [2.05, 4.69) is 4.74 Å². The van der Waals surface area contributed by atoms with Crippen molar-refractivity contribution in [2.45, 2.75) is 20.0 Å². The van der Waals surface area contributed by atoms with Gasteiger partial charge in [0.2, 0.25) is 0 Å². The van der Waals surface area contributed by atoms with Crippen LogP contribution in [-0.2, 0) is 9.53 Å². The predicted octanol–water partition coefficient (Wildman–Crippen LogP) is -0.0730. The number of esters is 1. The minimum Gasteiger partial charge on any atom is -0.467 e. The van der Waals surface area contributed by atoms with Gasteiger partial charge in [0.25, 0.3) is 0 Å². The summed E-state index contributed by atoms with van der Waals surface area (Å²) in [7, 11) is 1.23. The van der Waals surface area contributed by atoms with Crippen LogP contribution in [0.3, 0.4) is 0 Å². The second kappa shape index (κ2) is 5.35. The molecule has 0 rings (SSSR count). The number of aliphatic hydroxyl groups excluding tert-OH is 1. The number of ether oxygens (including phenoxy) is 1. The van der Waals surface area contributed by atoms with Gasteiger partial charge in [0.05, 0.1) is 7.11 Å². The van der Waals surface area contributed by atoms with Crippen molar-refractivity contribution in [3.63, 3.8) is 0 Å². The molecular formula is C7H16ClNO3. The fraction of sp³-hybridized carbons (Fsp3) is 0.857. The van der Waals surface area contributed by atoms with Gasteiger partial charge in [0.15, 0.2) is 6.10 Å². The molecule has 0 aromatic carbocycles. The Balaban J connectivity index is 0. The van der Waals surface area contributed by atoms with Crippen LogP contribution in [0.2, 0.25) is 0 Å². The third-order valence-electron chi connectivity index (χ3n) is 1.69. The van der Waals surface area contributed by atoms with Gasteiger partial charge in [0.1, 0.15) is 0 Å². The van der Waals surface area contributed by atoms with E-state index in [4.69, 9.17) is 5.73 Å². The number of carbonyl (C=O) groups excluding carboxylic acids is 1. The first kappa shape index (κ1) is 14.2. The van der Waals surface area contributed by atoms with E-state index >= 15 is 0 Å². The smallest absolute Gasteiger partial charge is 0.335 e. The van der Waals surface area contributed by atoms with Crippen LogP contribution in [0, 0.1) is 5.41 Å². The maximum Gasteiger partial charge on any atom is 0.335 e. The van der Waals surface area contributed by atoms with Gasteiger partial charge in [-0.15, -0.1) is 12.4 Å². The Morgan fingerprint density at radius 3 is 2.33 bits per heavy atom. The molecule has 0 saturated heterocycles. The summed E-state index contributed by atoms with van der Waals surface area (Å²) in [5.41, 5.74) is 4.71. The number of rotatable bonds is 3. The van der Waals surface area contributed by atoms with Crippen LogP contribution in [0.25, 0.3) is 0 Å². The molecule has 74 valence electrons. The number of hydrogen-bond donors (Lipinski definition) is 2. The third kappa shape index (κ3) is 3.38. The molecular weight excluding hydrogens is 182 g/mol. The molecule has 0 aromatic rings. The highest BCUT2D eigenvalue weighted by Gasteiger charge is 2.32. The van der Waals surface area contributed by atoms with E-state index in [9.17, 15) is 9.90 Å². The zero-order valence-electron chi connectivity index (χ0n) is 7.53. The van der Waals surface area contributed by atoms with E-state index in [1.54, 1.807) is 13.8 Å². The molecule has 0 aromatic heterocycles. The molecule has 0 bridgehead atoms. The molecule has 1 atom stereocenters. The van der Waals surface area contributed by atoms with Gasteiger partial charge in [-0.25, -0.2) is 4.79 Å². The first-order valence-electron chi connectivity index (χ1n) is 3.41.